The summed E-state index contributed by atoms with van der Waals surface area (Å²) in [4.78, 5) is 36.6. The van der Waals surface area contributed by atoms with Crippen molar-refractivity contribution in [2.75, 3.05) is 5.73 Å². The van der Waals surface area contributed by atoms with Crippen molar-refractivity contribution in [3.05, 3.63) is 112 Å². The maximum atomic E-state index is 14.1. The highest BCUT2D eigenvalue weighted by Crippen LogP contribution is 2.22. The van der Waals surface area contributed by atoms with Gasteiger partial charge in [-0.2, -0.15) is 5.10 Å². The molecule has 0 aliphatic rings. The molecular formula is C29H23N9O2. The largest absolute Gasteiger partial charge is 0.381 e. The molecule has 1 unspecified atom stereocenters. The van der Waals surface area contributed by atoms with Crippen molar-refractivity contribution in [2.45, 2.75) is 13.0 Å². The van der Waals surface area contributed by atoms with Crippen LogP contribution in [0.25, 0.3) is 22.2 Å². The van der Waals surface area contributed by atoms with Crippen LogP contribution in [0.4, 0.5) is 5.82 Å². The number of rotatable bonds is 4. The summed E-state index contributed by atoms with van der Waals surface area (Å²) >= 11 is 0. The number of carbonyl (C=O) groups is 1. The van der Waals surface area contributed by atoms with E-state index in [4.69, 9.17) is 10.7 Å². The Hall–Kier alpha value is -5.76. The molecule has 4 heterocycles. The number of aryl methyl sites for hydroxylation is 1. The highest BCUT2D eigenvalue weighted by molar-refractivity contribution is 6.04. The summed E-state index contributed by atoms with van der Waals surface area (Å²) in [5.74, 6) is 6.10. The minimum atomic E-state index is -0.688. The van der Waals surface area contributed by atoms with Gasteiger partial charge in [-0.15, -0.1) is 5.10 Å². The van der Waals surface area contributed by atoms with E-state index in [9.17, 15) is 9.59 Å². The Morgan fingerprint density at radius 2 is 1.85 bits per heavy atom. The van der Waals surface area contributed by atoms with E-state index in [1.807, 2.05) is 30.3 Å². The summed E-state index contributed by atoms with van der Waals surface area (Å²) in [5, 5.41) is 11.6. The van der Waals surface area contributed by atoms with Crippen molar-refractivity contribution in [3.63, 3.8) is 0 Å². The molecule has 6 aromatic rings. The van der Waals surface area contributed by atoms with Crippen LogP contribution in [0.2, 0.25) is 0 Å². The number of hydrogen-bond acceptors (Lipinski definition) is 7. The average molecular weight is 530 g/mol. The van der Waals surface area contributed by atoms with Gasteiger partial charge in [-0.25, -0.2) is 14.5 Å². The molecule has 0 spiro atoms. The van der Waals surface area contributed by atoms with E-state index in [1.165, 1.54) is 9.08 Å². The zero-order chi connectivity index (χ0) is 27.8. The Morgan fingerprint density at radius 3 is 2.62 bits per heavy atom. The van der Waals surface area contributed by atoms with Gasteiger partial charge in [0, 0.05) is 25.0 Å². The molecule has 0 fully saturated rings. The lowest BCUT2D eigenvalue weighted by atomic mass is 10.1. The van der Waals surface area contributed by atoms with Crippen LogP contribution in [0, 0.1) is 11.8 Å². The Kier molecular flexibility index (Phi) is 6.05. The van der Waals surface area contributed by atoms with Crippen molar-refractivity contribution >= 4 is 28.3 Å². The first kappa shape index (κ1) is 24.6. The molecular weight excluding hydrogens is 506 g/mol. The molecule has 0 radical (unpaired) electrons. The number of amides is 1. The van der Waals surface area contributed by atoms with Gasteiger partial charge in [-0.1, -0.05) is 30.2 Å². The van der Waals surface area contributed by atoms with Gasteiger partial charge >= 0.3 is 0 Å². The van der Waals surface area contributed by atoms with Crippen LogP contribution in [-0.4, -0.2) is 39.8 Å². The molecule has 3 N–H and O–H groups in total. The number of fused-ring (bicyclic) bond motifs is 2. The molecule has 0 saturated heterocycles. The van der Waals surface area contributed by atoms with Crippen LogP contribution in [0.3, 0.4) is 0 Å². The number of anilines is 1. The first-order valence-corrected chi connectivity index (χ1v) is 12.4. The van der Waals surface area contributed by atoms with Crippen molar-refractivity contribution in [1.29, 1.82) is 0 Å². The number of carbonyl (C=O) groups excluding carboxylic acids is 1. The number of nitrogens with zero attached hydrogens (tertiary/aromatic N) is 7. The van der Waals surface area contributed by atoms with Crippen molar-refractivity contribution in [1.82, 2.24) is 39.2 Å². The maximum absolute atomic E-state index is 14.1. The van der Waals surface area contributed by atoms with Gasteiger partial charge in [0.15, 0.2) is 11.5 Å². The second-order valence-corrected chi connectivity index (χ2v) is 9.08. The molecule has 196 valence electrons. The van der Waals surface area contributed by atoms with Gasteiger partial charge in [0.2, 0.25) is 0 Å². The van der Waals surface area contributed by atoms with E-state index in [0.29, 0.717) is 39.3 Å². The van der Waals surface area contributed by atoms with E-state index in [2.05, 4.69) is 32.3 Å². The molecule has 2 aromatic carbocycles. The minimum absolute atomic E-state index is 0.0481. The molecule has 0 aliphatic carbocycles. The lowest BCUT2D eigenvalue weighted by molar-refractivity contribution is 0.0940. The minimum Gasteiger partial charge on any atom is -0.381 e. The number of nitrogens with one attached hydrogen (secondary N) is 1. The average Bonchev–Trinajstić information content (AvgIpc) is 3.53. The van der Waals surface area contributed by atoms with Crippen LogP contribution < -0.4 is 16.6 Å². The summed E-state index contributed by atoms with van der Waals surface area (Å²) in [6, 6.07) is 17.3. The third-order valence-corrected chi connectivity index (χ3v) is 6.47. The molecule has 11 heteroatoms. The van der Waals surface area contributed by atoms with Crippen LogP contribution in [0.1, 0.15) is 40.4 Å². The number of aromatic nitrogens is 7. The summed E-state index contributed by atoms with van der Waals surface area (Å²) in [7, 11) is 1.80. The van der Waals surface area contributed by atoms with Crippen LogP contribution in [0.5, 0.6) is 0 Å². The predicted molar refractivity (Wildman–Crippen MR) is 150 cm³/mol. The van der Waals surface area contributed by atoms with Gasteiger partial charge in [0.1, 0.15) is 17.1 Å². The molecule has 1 amide bonds. The molecule has 0 saturated carbocycles. The normalized spacial score (nSPS) is 11.8. The fraction of sp³-hybridized carbons (Fsp3) is 0.103. The highest BCUT2D eigenvalue weighted by Gasteiger charge is 2.24. The quantitative estimate of drug-likeness (QED) is 0.335. The van der Waals surface area contributed by atoms with Crippen LogP contribution >= 0.6 is 0 Å². The van der Waals surface area contributed by atoms with Gasteiger partial charge in [-0.05, 0) is 49.2 Å². The number of para-hydroxylation sites is 1. The van der Waals surface area contributed by atoms with E-state index in [0.717, 1.165) is 0 Å². The van der Waals surface area contributed by atoms with Crippen LogP contribution in [0.15, 0.2) is 84.0 Å². The van der Waals surface area contributed by atoms with Crippen molar-refractivity contribution < 1.29 is 4.79 Å². The van der Waals surface area contributed by atoms with E-state index < -0.39 is 11.9 Å². The fourth-order valence-electron chi connectivity index (χ4n) is 4.55. The highest BCUT2D eigenvalue weighted by atomic mass is 16.2. The Labute approximate surface area is 227 Å². The molecule has 40 heavy (non-hydrogen) atoms. The number of benzene rings is 2. The third-order valence-electron chi connectivity index (χ3n) is 6.47. The molecule has 4 aromatic heterocycles. The lowest BCUT2D eigenvalue weighted by Gasteiger charge is -2.20. The Bertz CT molecular complexity index is 2030. The SMILES string of the molecule is CC(NC(=O)c1c(N)nn2cccnc12)c1nc2cccc(C#Cc3ccnn3C)c2c(=O)n1-c1ccccc1. The standard InChI is InChI=1S/C29H23N9O2/c1-18(33-28(39)24-25(30)35-37-17-7-15-31-27(24)37)26-34-22-11-6-8-19(12-13-20-14-16-32-36(20)2)23(22)29(40)38(26)21-9-4-3-5-10-21/h3-11,14-18H,1-2H3,(H2,30,35)(H,33,39). The smallest absolute Gasteiger partial charge is 0.267 e. The van der Waals surface area contributed by atoms with Gasteiger partial charge in [0.05, 0.1) is 28.8 Å². The van der Waals surface area contributed by atoms with E-state index in [1.54, 1.807) is 67.6 Å². The first-order valence-electron chi connectivity index (χ1n) is 12.4. The second-order valence-electron chi connectivity index (χ2n) is 9.08. The van der Waals surface area contributed by atoms with Gasteiger partial charge < -0.3 is 11.1 Å². The van der Waals surface area contributed by atoms with Crippen molar-refractivity contribution in [2.24, 2.45) is 7.05 Å². The summed E-state index contributed by atoms with van der Waals surface area (Å²) in [6.45, 7) is 1.76. The van der Waals surface area contributed by atoms with E-state index >= 15 is 0 Å². The first-order chi connectivity index (χ1) is 19.4. The Morgan fingerprint density at radius 1 is 1.02 bits per heavy atom. The molecule has 0 aliphatic heterocycles. The Balaban J connectivity index is 1.48. The third kappa shape index (κ3) is 4.23. The number of nitrogen functional groups attached to an aromatic ring is 1. The van der Waals surface area contributed by atoms with Gasteiger partial charge in [0.25, 0.3) is 11.5 Å². The van der Waals surface area contributed by atoms with Crippen molar-refractivity contribution in [3.8, 4) is 17.5 Å². The molecule has 1 atom stereocenters. The topological polar surface area (TPSA) is 138 Å². The molecule has 11 nitrogen and oxygen atoms in total. The second kappa shape index (κ2) is 9.85. The fourth-order valence-corrected chi connectivity index (χ4v) is 4.55. The number of hydrogen-bond donors (Lipinski definition) is 2. The van der Waals surface area contributed by atoms with Gasteiger partial charge in [-0.3, -0.25) is 18.8 Å². The zero-order valence-electron chi connectivity index (χ0n) is 21.6. The summed E-state index contributed by atoms with van der Waals surface area (Å²) < 4.78 is 4.60. The predicted octanol–water partition coefficient (Wildman–Crippen LogP) is 2.63. The van der Waals surface area contributed by atoms with E-state index in [-0.39, 0.29) is 16.9 Å². The monoisotopic (exact) mass is 529 g/mol. The van der Waals surface area contributed by atoms with Crippen LogP contribution in [-0.2, 0) is 7.05 Å². The summed E-state index contributed by atoms with van der Waals surface area (Å²) in [6.07, 6.45) is 4.88. The zero-order valence-corrected chi connectivity index (χ0v) is 21.6. The lowest BCUT2D eigenvalue weighted by Crippen LogP contribution is -2.33. The summed E-state index contributed by atoms with van der Waals surface area (Å²) in [5.41, 5.74) is 8.53. The maximum Gasteiger partial charge on any atom is 0.267 e. The molecule has 0 bridgehead atoms. The number of nitrogens with two attached hydrogens (primary N) is 1. The molecule has 6 rings (SSSR count).